The highest BCUT2D eigenvalue weighted by molar-refractivity contribution is 5.89. The molecule has 1 N–H and O–H groups in total. The van der Waals surface area contributed by atoms with Crippen molar-refractivity contribution < 1.29 is 36.6 Å². The molecule has 15 heteroatoms. The number of carbonyl (C=O) groups is 2. The number of hydrogen-bond acceptors (Lipinski definition) is 8. The predicted molar refractivity (Wildman–Crippen MR) is 194 cm³/mol. The fourth-order valence-corrected chi connectivity index (χ4v) is 6.50. The molecule has 0 unspecified atom stereocenters. The third kappa shape index (κ3) is 9.37. The molecule has 0 bridgehead atoms. The van der Waals surface area contributed by atoms with E-state index in [0.29, 0.717) is 43.9 Å². The van der Waals surface area contributed by atoms with E-state index in [0.717, 1.165) is 32.9 Å². The minimum absolute atomic E-state index is 0.0632. The monoisotopic (exact) mass is 753 g/mol. The molecule has 1 aromatic heterocycles. The summed E-state index contributed by atoms with van der Waals surface area (Å²) in [5, 5.41) is 2.73. The number of alkyl halides is 3. The molecule has 1 saturated heterocycles. The maximum Gasteiger partial charge on any atom is 0.416 e. The number of halogens is 4. The highest BCUT2D eigenvalue weighted by Crippen LogP contribution is 2.34. The van der Waals surface area contributed by atoms with E-state index in [-0.39, 0.29) is 11.4 Å². The van der Waals surface area contributed by atoms with E-state index in [4.69, 9.17) is 9.47 Å². The zero-order valence-electron chi connectivity index (χ0n) is 30.7. The van der Waals surface area contributed by atoms with Crippen LogP contribution < -0.4 is 21.5 Å². The van der Waals surface area contributed by atoms with Gasteiger partial charge in [-0.05, 0) is 63.1 Å². The van der Waals surface area contributed by atoms with Crippen molar-refractivity contribution >= 4 is 17.7 Å². The Kier molecular flexibility index (Phi) is 12.0. The van der Waals surface area contributed by atoms with Gasteiger partial charge in [-0.25, -0.2) is 18.8 Å². The van der Waals surface area contributed by atoms with E-state index in [2.05, 4.69) is 10.2 Å². The molecule has 2 heterocycles. The lowest BCUT2D eigenvalue weighted by Crippen LogP contribution is -2.51. The number of benzene rings is 3. The Hall–Kier alpha value is -5.44. The average molecular weight is 754 g/mol. The summed E-state index contributed by atoms with van der Waals surface area (Å²) in [6.07, 6.45) is -5.74. The summed E-state index contributed by atoms with van der Waals surface area (Å²) >= 11 is 0. The molecule has 0 saturated carbocycles. The number of nitrogens with zero attached hydrogens (tertiary/aromatic N) is 4. The predicted octanol–water partition coefficient (Wildman–Crippen LogP) is 5.90. The second-order valence-electron chi connectivity index (χ2n) is 14.0. The molecule has 1 amide bonds. The van der Waals surface area contributed by atoms with E-state index >= 15 is 4.39 Å². The molecule has 0 spiro atoms. The Morgan fingerprint density at radius 2 is 1.54 bits per heavy atom. The molecule has 3 aromatic carbocycles. The van der Waals surface area contributed by atoms with Crippen molar-refractivity contribution in [1.29, 1.82) is 0 Å². The molecule has 0 radical (unpaired) electrons. The van der Waals surface area contributed by atoms with Gasteiger partial charge < -0.3 is 19.7 Å². The third-order valence-corrected chi connectivity index (χ3v) is 9.10. The first kappa shape index (κ1) is 39.8. The summed E-state index contributed by atoms with van der Waals surface area (Å²) in [6.45, 7) is 7.27. The topological polar surface area (TPSA) is 115 Å². The van der Waals surface area contributed by atoms with Crippen molar-refractivity contribution in [2.75, 3.05) is 38.2 Å². The van der Waals surface area contributed by atoms with Gasteiger partial charge in [0.05, 0.1) is 37.4 Å². The molecule has 11 nitrogen and oxygen atoms in total. The molecule has 0 aliphatic carbocycles. The summed E-state index contributed by atoms with van der Waals surface area (Å²) in [5.74, 6) is -1.62. The minimum Gasteiger partial charge on any atom is -0.465 e. The SMILES string of the molecule is COC(=O)c1cccc(CN2CCN(c3c(C)n(Cc4c(F)cccc4C(F)(F)F)c(=O)n(C[C@H](NC(=O)OC(C)(C)C)c4ccccc4)c3=O)CC2)c1. The molecule has 1 atom stereocenters. The van der Waals surface area contributed by atoms with Crippen LogP contribution in [0.15, 0.2) is 82.4 Å². The van der Waals surface area contributed by atoms with Crippen LogP contribution in [0, 0.1) is 12.7 Å². The second kappa shape index (κ2) is 16.3. The quantitative estimate of drug-likeness (QED) is 0.157. The van der Waals surface area contributed by atoms with Crippen molar-refractivity contribution in [3.05, 3.63) is 133 Å². The van der Waals surface area contributed by atoms with Gasteiger partial charge in [-0.3, -0.25) is 18.8 Å². The van der Waals surface area contributed by atoms with Crippen LogP contribution in [0.3, 0.4) is 0 Å². The van der Waals surface area contributed by atoms with Crippen LogP contribution in [-0.4, -0.2) is 65.0 Å². The molecule has 1 fully saturated rings. The van der Waals surface area contributed by atoms with Crippen molar-refractivity contribution in [2.24, 2.45) is 0 Å². The van der Waals surface area contributed by atoms with Gasteiger partial charge in [-0.1, -0.05) is 48.5 Å². The number of alkyl carbamates (subject to hydrolysis) is 1. The number of rotatable bonds is 10. The number of methoxy groups -OCH3 is 1. The Morgan fingerprint density at radius 1 is 0.870 bits per heavy atom. The second-order valence-corrected chi connectivity index (χ2v) is 14.0. The standard InChI is InChI=1S/C39H43F4N5O6/c1-25-33(46-19-17-45(18-20-46)22-26-11-9-14-28(21-26)35(50)53-5)34(49)48(24-32(27-12-7-6-8-13-27)44-36(51)54-38(2,3)4)37(52)47(25)23-29-30(39(41,42)43)15-10-16-31(29)40/h6-16,21,32H,17-20,22-24H2,1-5H3,(H,44,51)/t32-/m0/s1. The maximum atomic E-state index is 15.2. The van der Waals surface area contributed by atoms with Crippen LogP contribution in [0.1, 0.15) is 65.1 Å². The van der Waals surface area contributed by atoms with E-state index < -0.39 is 71.2 Å². The first-order valence-corrected chi connectivity index (χ1v) is 17.3. The van der Waals surface area contributed by atoms with Crippen molar-refractivity contribution in [3.63, 3.8) is 0 Å². The first-order chi connectivity index (χ1) is 25.5. The Balaban J connectivity index is 1.56. The molecule has 288 valence electrons. The Labute approximate surface area is 309 Å². The lowest BCUT2D eigenvalue weighted by Gasteiger charge is -2.37. The van der Waals surface area contributed by atoms with Gasteiger partial charge in [0.1, 0.15) is 17.1 Å². The summed E-state index contributed by atoms with van der Waals surface area (Å²) in [7, 11) is 1.30. The van der Waals surface area contributed by atoms with Crippen molar-refractivity contribution in [2.45, 2.75) is 65.1 Å². The highest BCUT2D eigenvalue weighted by Gasteiger charge is 2.35. The first-order valence-electron chi connectivity index (χ1n) is 17.3. The summed E-state index contributed by atoms with van der Waals surface area (Å²) < 4.78 is 69.7. The number of carbonyl (C=O) groups excluding carboxylic acids is 2. The number of amides is 1. The number of piperazine rings is 1. The van der Waals surface area contributed by atoms with E-state index in [1.807, 2.05) is 6.07 Å². The number of nitrogens with one attached hydrogen (secondary N) is 1. The van der Waals surface area contributed by atoms with Gasteiger partial charge in [-0.2, -0.15) is 13.2 Å². The third-order valence-electron chi connectivity index (χ3n) is 9.10. The number of ether oxygens (including phenoxy) is 2. The molecule has 1 aliphatic rings. The van der Waals surface area contributed by atoms with Crippen LogP contribution in [0.5, 0.6) is 0 Å². The van der Waals surface area contributed by atoms with Gasteiger partial charge in [0.15, 0.2) is 0 Å². The van der Waals surface area contributed by atoms with Crippen LogP contribution >= 0.6 is 0 Å². The van der Waals surface area contributed by atoms with E-state index in [9.17, 15) is 32.3 Å². The molecule has 4 aromatic rings. The highest BCUT2D eigenvalue weighted by atomic mass is 19.4. The Bertz CT molecular complexity index is 2100. The molecule has 54 heavy (non-hydrogen) atoms. The molecular formula is C39H43F4N5O6. The molecule has 1 aliphatic heterocycles. The fraction of sp³-hybridized carbons (Fsp3) is 0.385. The van der Waals surface area contributed by atoms with Crippen molar-refractivity contribution in [1.82, 2.24) is 19.4 Å². The molecule has 5 rings (SSSR count). The summed E-state index contributed by atoms with van der Waals surface area (Å²) in [4.78, 5) is 57.6. The maximum absolute atomic E-state index is 15.2. The summed E-state index contributed by atoms with van der Waals surface area (Å²) in [6, 6.07) is 17.2. The van der Waals surface area contributed by atoms with Crippen LogP contribution in [0.2, 0.25) is 0 Å². The molecular weight excluding hydrogens is 710 g/mol. The largest absolute Gasteiger partial charge is 0.465 e. The van der Waals surface area contributed by atoms with Gasteiger partial charge in [0.2, 0.25) is 0 Å². The van der Waals surface area contributed by atoms with Gasteiger partial charge in [0.25, 0.3) is 5.56 Å². The zero-order chi connectivity index (χ0) is 39.4. The summed E-state index contributed by atoms with van der Waals surface area (Å²) in [5.41, 5.74) is -2.62. The van der Waals surface area contributed by atoms with E-state index in [1.54, 1.807) is 74.2 Å². The number of esters is 1. The Morgan fingerprint density at radius 3 is 2.17 bits per heavy atom. The lowest BCUT2D eigenvalue weighted by molar-refractivity contribution is -0.138. The van der Waals surface area contributed by atoms with Crippen molar-refractivity contribution in [3.8, 4) is 0 Å². The number of anilines is 1. The van der Waals surface area contributed by atoms with Gasteiger partial charge in [-0.15, -0.1) is 0 Å². The number of hydrogen-bond donors (Lipinski definition) is 1. The van der Waals surface area contributed by atoms with Crippen LogP contribution in [0.4, 0.5) is 28.0 Å². The average Bonchev–Trinajstić information content (AvgIpc) is 3.11. The van der Waals surface area contributed by atoms with E-state index in [1.165, 1.54) is 14.0 Å². The number of aromatic nitrogens is 2. The zero-order valence-corrected chi connectivity index (χ0v) is 30.7. The van der Waals surface area contributed by atoms with Gasteiger partial charge >= 0.3 is 23.9 Å². The minimum atomic E-state index is -4.92. The normalized spacial score (nSPS) is 14.4. The lowest BCUT2D eigenvalue weighted by atomic mass is 10.1. The van der Waals surface area contributed by atoms with Crippen LogP contribution in [-0.2, 0) is 35.3 Å². The van der Waals surface area contributed by atoms with Gasteiger partial charge in [0, 0.05) is 44.0 Å². The smallest absolute Gasteiger partial charge is 0.416 e. The van der Waals surface area contributed by atoms with Crippen LogP contribution in [0.25, 0.3) is 0 Å². The fourth-order valence-electron chi connectivity index (χ4n) is 6.50.